The van der Waals surface area contributed by atoms with Gasteiger partial charge in [-0.05, 0) is 33.2 Å². The Hall–Kier alpha value is -1.95. The van der Waals surface area contributed by atoms with Gasteiger partial charge in [0.1, 0.15) is 5.82 Å². The molecule has 0 aliphatic carbocycles. The lowest BCUT2D eigenvalue weighted by Crippen LogP contribution is -2.30. The average Bonchev–Trinajstić information content (AvgIpc) is 2.81. The van der Waals surface area contributed by atoms with E-state index in [1.807, 2.05) is 6.92 Å². The first-order valence-electron chi connectivity index (χ1n) is 6.95. The highest BCUT2D eigenvalue weighted by molar-refractivity contribution is 6.00. The van der Waals surface area contributed by atoms with E-state index in [0.717, 1.165) is 42.8 Å². The molecule has 1 aliphatic heterocycles. The van der Waals surface area contributed by atoms with Crippen LogP contribution in [0, 0.1) is 6.92 Å². The number of nitrogens with two attached hydrogens (primary N) is 1. The molecule has 1 saturated heterocycles. The lowest BCUT2D eigenvalue weighted by atomic mass is 9.91. The summed E-state index contributed by atoms with van der Waals surface area (Å²) in [6, 6.07) is 0. The highest BCUT2D eigenvalue weighted by Crippen LogP contribution is 2.29. The van der Waals surface area contributed by atoms with Crippen molar-refractivity contribution in [3.8, 4) is 0 Å². The largest absolute Gasteiger partial charge is 0.383 e. The van der Waals surface area contributed by atoms with Gasteiger partial charge in [0.05, 0.1) is 17.5 Å². The molecule has 0 radical (unpaired) electrons. The number of ketones is 1. The monoisotopic (exact) mass is 273 g/mol. The van der Waals surface area contributed by atoms with Crippen molar-refractivity contribution in [2.24, 2.45) is 0 Å². The van der Waals surface area contributed by atoms with E-state index in [-0.39, 0.29) is 11.7 Å². The summed E-state index contributed by atoms with van der Waals surface area (Å²) in [6.45, 7) is 5.35. The maximum Gasteiger partial charge on any atom is 0.165 e. The number of carbonyl (C=O) groups is 1. The molecular weight excluding hydrogens is 254 g/mol. The number of Topliss-reactive ketones (excluding diaryl/α,β-unsaturated/α-hetero) is 1. The molecule has 0 spiro atoms. The third-order valence-electron chi connectivity index (χ3n) is 3.92. The SMILES string of the molecule is CC(=O)c1c(C2CCCNC2)nc2c(C)cnn2c1N. The van der Waals surface area contributed by atoms with Gasteiger partial charge in [0, 0.05) is 18.0 Å². The maximum atomic E-state index is 12.0. The number of aryl methyl sites for hydroxylation is 1. The number of rotatable bonds is 2. The first-order valence-corrected chi connectivity index (χ1v) is 6.95. The summed E-state index contributed by atoms with van der Waals surface area (Å²) < 4.78 is 1.56. The number of piperidine rings is 1. The lowest BCUT2D eigenvalue weighted by Gasteiger charge is -2.24. The van der Waals surface area contributed by atoms with Crippen molar-refractivity contribution >= 4 is 17.2 Å². The minimum Gasteiger partial charge on any atom is -0.383 e. The summed E-state index contributed by atoms with van der Waals surface area (Å²) in [5.41, 5.74) is 9.21. The van der Waals surface area contributed by atoms with Gasteiger partial charge in [-0.1, -0.05) is 0 Å². The van der Waals surface area contributed by atoms with Gasteiger partial charge >= 0.3 is 0 Å². The number of aromatic nitrogens is 3. The number of hydrogen-bond donors (Lipinski definition) is 2. The third kappa shape index (κ3) is 1.96. The molecule has 0 aromatic carbocycles. The van der Waals surface area contributed by atoms with Crippen molar-refractivity contribution in [1.82, 2.24) is 19.9 Å². The molecule has 1 aliphatic rings. The smallest absolute Gasteiger partial charge is 0.165 e. The van der Waals surface area contributed by atoms with Crippen molar-refractivity contribution in [1.29, 1.82) is 0 Å². The minimum atomic E-state index is -0.0503. The van der Waals surface area contributed by atoms with E-state index in [1.54, 1.807) is 10.7 Å². The summed E-state index contributed by atoms with van der Waals surface area (Å²) in [4.78, 5) is 16.7. The van der Waals surface area contributed by atoms with Crippen molar-refractivity contribution in [2.75, 3.05) is 18.8 Å². The van der Waals surface area contributed by atoms with Crippen LogP contribution in [0.4, 0.5) is 5.82 Å². The Balaban J connectivity index is 2.24. The number of anilines is 1. The van der Waals surface area contributed by atoms with Gasteiger partial charge in [0.25, 0.3) is 0 Å². The van der Waals surface area contributed by atoms with Gasteiger partial charge in [-0.15, -0.1) is 0 Å². The quantitative estimate of drug-likeness (QED) is 0.805. The lowest BCUT2D eigenvalue weighted by molar-refractivity contribution is 0.101. The number of hydrogen-bond acceptors (Lipinski definition) is 5. The highest BCUT2D eigenvalue weighted by atomic mass is 16.1. The zero-order chi connectivity index (χ0) is 14.3. The first-order chi connectivity index (χ1) is 9.59. The van der Waals surface area contributed by atoms with Crippen molar-refractivity contribution < 1.29 is 4.79 Å². The van der Waals surface area contributed by atoms with Crippen LogP contribution in [0.25, 0.3) is 5.65 Å². The van der Waals surface area contributed by atoms with Gasteiger partial charge in [-0.2, -0.15) is 9.61 Å². The van der Waals surface area contributed by atoms with Gasteiger partial charge in [0.2, 0.25) is 0 Å². The molecule has 1 unspecified atom stereocenters. The van der Waals surface area contributed by atoms with Crippen molar-refractivity contribution in [3.05, 3.63) is 23.0 Å². The van der Waals surface area contributed by atoms with Crippen LogP contribution in [-0.2, 0) is 0 Å². The maximum absolute atomic E-state index is 12.0. The zero-order valence-corrected chi connectivity index (χ0v) is 11.8. The number of nitrogens with one attached hydrogen (secondary N) is 1. The molecule has 20 heavy (non-hydrogen) atoms. The van der Waals surface area contributed by atoms with Crippen LogP contribution in [0.3, 0.4) is 0 Å². The fraction of sp³-hybridized carbons (Fsp3) is 0.500. The molecule has 2 aromatic rings. The summed E-state index contributed by atoms with van der Waals surface area (Å²) >= 11 is 0. The second kappa shape index (κ2) is 4.86. The van der Waals surface area contributed by atoms with Crippen LogP contribution in [0.1, 0.15) is 47.3 Å². The number of nitrogens with zero attached hydrogens (tertiary/aromatic N) is 3. The molecule has 0 saturated carbocycles. The fourth-order valence-electron chi connectivity index (χ4n) is 2.88. The molecule has 1 fully saturated rings. The summed E-state index contributed by atoms with van der Waals surface area (Å²) in [6.07, 6.45) is 3.85. The van der Waals surface area contributed by atoms with Crippen LogP contribution in [0.15, 0.2) is 6.20 Å². The Morgan fingerprint density at radius 2 is 2.35 bits per heavy atom. The van der Waals surface area contributed by atoms with Crippen LogP contribution in [-0.4, -0.2) is 33.5 Å². The zero-order valence-electron chi connectivity index (χ0n) is 11.8. The van der Waals surface area contributed by atoms with E-state index in [4.69, 9.17) is 10.7 Å². The molecule has 3 heterocycles. The van der Waals surface area contributed by atoms with E-state index < -0.39 is 0 Å². The van der Waals surface area contributed by atoms with Crippen molar-refractivity contribution in [3.63, 3.8) is 0 Å². The van der Waals surface area contributed by atoms with Crippen LogP contribution < -0.4 is 11.1 Å². The van der Waals surface area contributed by atoms with Gasteiger partial charge in [-0.3, -0.25) is 4.79 Å². The van der Waals surface area contributed by atoms with E-state index in [1.165, 1.54) is 6.92 Å². The Kier molecular flexibility index (Phi) is 3.17. The average molecular weight is 273 g/mol. The van der Waals surface area contributed by atoms with Crippen LogP contribution in [0.5, 0.6) is 0 Å². The molecule has 1 atom stereocenters. The molecule has 106 valence electrons. The molecule has 0 amide bonds. The Morgan fingerprint density at radius 1 is 1.55 bits per heavy atom. The Bertz CT molecular complexity index is 670. The molecule has 3 rings (SSSR count). The number of nitrogen functional groups attached to an aromatic ring is 1. The highest BCUT2D eigenvalue weighted by Gasteiger charge is 2.25. The first kappa shape index (κ1) is 13.1. The summed E-state index contributed by atoms with van der Waals surface area (Å²) in [7, 11) is 0. The third-order valence-corrected chi connectivity index (χ3v) is 3.92. The second-order valence-corrected chi connectivity index (χ2v) is 5.42. The standard InChI is InChI=1S/C14H19N5O/c1-8-6-17-19-13(15)11(9(2)20)12(18-14(8)19)10-4-3-5-16-7-10/h6,10,16H,3-5,7,15H2,1-2H3. The number of carbonyl (C=O) groups excluding carboxylic acids is 1. The second-order valence-electron chi connectivity index (χ2n) is 5.42. The minimum absolute atomic E-state index is 0.0503. The normalized spacial score (nSPS) is 19.4. The summed E-state index contributed by atoms with van der Waals surface area (Å²) in [5.74, 6) is 0.589. The predicted molar refractivity (Wildman–Crippen MR) is 77.0 cm³/mol. The summed E-state index contributed by atoms with van der Waals surface area (Å²) in [5, 5.41) is 7.57. The van der Waals surface area contributed by atoms with Gasteiger partial charge in [-0.25, -0.2) is 4.98 Å². The Labute approximate surface area is 117 Å². The van der Waals surface area contributed by atoms with Gasteiger partial charge < -0.3 is 11.1 Å². The van der Waals surface area contributed by atoms with E-state index >= 15 is 0 Å². The van der Waals surface area contributed by atoms with E-state index in [2.05, 4.69) is 10.4 Å². The van der Waals surface area contributed by atoms with Crippen molar-refractivity contribution in [2.45, 2.75) is 32.6 Å². The van der Waals surface area contributed by atoms with Crippen LogP contribution in [0.2, 0.25) is 0 Å². The molecule has 6 nitrogen and oxygen atoms in total. The molecule has 3 N–H and O–H groups in total. The molecule has 0 bridgehead atoms. The molecule has 6 heteroatoms. The van der Waals surface area contributed by atoms with E-state index in [0.29, 0.717) is 11.4 Å². The molecule has 2 aromatic heterocycles. The predicted octanol–water partition coefficient (Wildman–Crippen LogP) is 1.29. The van der Waals surface area contributed by atoms with E-state index in [9.17, 15) is 4.79 Å². The van der Waals surface area contributed by atoms with Crippen LogP contribution >= 0.6 is 0 Å². The topological polar surface area (TPSA) is 85.3 Å². The molecular formula is C14H19N5O. The number of fused-ring (bicyclic) bond motifs is 1. The fourth-order valence-corrected chi connectivity index (χ4v) is 2.88. The Morgan fingerprint density at radius 3 is 3.00 bits per heavy atom. The van der Waals surface area contributed by atoms with Gasteiger partial charge in [0.15, 0.2) is 11.4 Å².